The Labute approximate surface area is 122 Å². The Morgan fingerprint density at radius 1 is 1.15 bits per heavy atom. The lowest BCUT2D eigenvalue weighted by molar-refractivity contribution is 0.955. The van der Waals surface area contributed by atoms with Crippen LogP contribution in [0, 0.1) is 20.8 Å². The Hall–Kier alpha value is -2.07. The predicted octanol–water partition coefficient (Wildman–Crippen LogP) is 4.11. The molecule has 0 saturated carbocycles. The summed E-state index contributed by atoms with van der Waals surface area (Å²) in [6.07, 6.45) is 0. The van der Waals surface area contributed by atoms with Crippen LogP contribution in [0.25, 0.3) is 16.9 Å². The number of hydrogen-bond acceptors (Lipinski definition) is 3. The van der Waals surface area contributed by atoms with Crippen molar-refractivity contribution in [2.24, 2.45) is 0 Å². The highest BCUT2D eigenvalue weighted by molar-refractivity contribution is 7.13. The number of aromatic nitrogens is 2. The molecule has 0 radical (unpaired) electrons. The van der Waals surface area contributed by atoms with Gasteiger partial charge in [-0.1, -0.05) is 18.2 Å². The molecule has 3 aromatic rings. The summed E-state index contributed by atoms with van der Waals surface area (Å²) in [6.45, 7) is 6.39. The van der Waals surface area contributed by atoms with Crippen LogP contribution in [0.15, 0.2) is 35.7 Å². The van der Waals surface area contributed by atoms with Gasteiger partial charge in [-0.2, -0.15) is 0 Å². The lowest BCUT2D eigenvalue weighted by Crippen LogP contribution is -2.01. The van der Waals surface area contributed by atoms with Crippen molar-refractivity contribution in [2.75, 3.05) is 5.73 Å². The fourth-order valence-electron chi connectivity index (χ4n) is 2.62. The summed E-state index contributed by atoms with van der Waals surface area (Å²) in [5.74, 6) is 0. The first-order valence-electron chi connectivity index (χ1n) is 6.54. The van der Waals surface area contributed by atoms with E-state index in [9.17, 15) is 0 Å². The van der Waals surface area contributed by atoms with Crippen LogP contribution in [0.5, 0.6) is 0 Å². The number of aryl methyl sites for hydroxylation is 2. The number of anilines is 1. The molecular weight excluding hydrogens is 266 g/mol. The second-order valence-electron chi connectivity index (χ2n) is 4.98. The van der Waals surface area contributed by atoms with Gasteiger partial charge in [-0.25, -0.2) is 4.98 Å². The van der Waals surface area contributed by atoms with Crippen molar-refractivity contribution in [3.05, 3.63) is 52.7 Å². The predicted molar refractivity (Wildman–Crippen MR) is 85.5 cm³/mol. The molecule has 3 rings (SSSR count). The van der Waals surface area contributed by atoms with Crippen molar-refractivity contribution in [2.45, 2.75) is 20.8 Å². The molecule has 20 heavy (non-hydrogen) atoms. The van der Waals surface area contributed by atoms with Crippen LogP contribution in [0.3, 0.4) is 0 Å². The van der Waals surface area contributed by atoms with E-state index < -0.39 is 0 Å². The molecule has 4 heteroatoms. The number of nitrogens with zero attached hydrogens (tertiary/aromatic N) is 2. The summed E-state index contributed by atoms with van der Waals surface area (Å²) in [7, 11) is 0. The van der Waals surface area contributed by atoms with Crippen molar-refractivity contribution < 1.29 is 0 Å². The second kappa shape index (κ2) is 4.80. The minimum absolute atomic E-state index is 0.612. The van der Waals surface area contributed by atoms with Crippen LogP contribution >= 0.6 is 11.3 Å². The molecule has 2 aromatic heterocycles. The molecule has 0 amide bonds. The van der Waals surface area contributed by atoms with Crippen LogP contribution in [-0.2, 0) is 0 Å². The third-order valence-corrected chi connectivity index (χ3v) is 4.26. The lowest BCUT2D eigenvalue weighted by atomic mass is 10.2. The van der Waals surface area contributed by atoms with Crippen molar-refractivity contribution >= 4 is 16.5 Å². The van der Waals surface area contributed by atoms with Gasteiger partial charge in [0.05, 0.1) is 5.69 Å². The molecule has 0 aliphatic carbocycles. The van der Waals surface area contributed by atoms with Crippen molar-refractivity contribution in [3.63, 3.8) is 0 Å². The van der Waals surface area contributed by atoms with E-state index in [1.807, 2.05) is 5.38 Å². The van der Waals surface area contributed by atoms with Crippen LogP contribution in [0.1, 0.15) is 17.0 Å². The summed E-state index contributed by atoms with van der Waals surface area (Å²) in [5.41, 5.74) is 12.7. The molecule has 0 atom stereocenters. The van der Waals surface area contributed by atoms with E-state index in [1.54, 1.807) is 0 Å². The topological polar surface area (TPSA) is 43.8 Å². The maximum Gasteiger partial charge on any atom is 0.180 e. The zero-order valence-electron chi connectivity index (χ0n) is 11.8. The molecule has 2 N–H and O–H groups in total. The number of nitrogens with two attached hydrogens (primary N) is 1. The highest BCUT2D eigenvalue weighted by atomic mass is 32.1. The Bertz CT molecular complexity index is 768. The maximum absolute atomic E-state index is 5.75. The van der Waals surface area contributed by atoms with Gasteiger partial charge in [0.2, 0.25) is 0 Å². The third-order valence-electron chi connectivity index (χ3n) is 3.59. The van der Waals surface area contributed by atoms with Crippen LogP contribution in [0.4, 0.5) is 5.13 Å². The first-order valence-corrected chi connectivity index (χ1v) is 7.42. The van der Waals surface area contributed by atoms with E-state index in [0.717, 1.165) is 11.3 Å². The molecule has 0 spiro atoms. The quantitative estimate of drug-likeness (QED) is 0.769. The Morgan fingerprint density at radius 3 is 2.55 bits per heavy atom. The fraction of sp³-hybridized carbons (Fsp3) is 0.188. The highest BCUT2D eigenvalue weighted by Crippen LogP contribution is 2.31. The van der Waals surface area contributed by atoms with E-state index in [-0.39, 0.29) is 0 Å². The van der Waals surface area contributed by atoms with Gasteiger partial charge in [-0.15, -0.1) is 11.3 Å². The molecule has 0 saturated heterocycles. The van der Waals surface area contributed by atoms with E-state index in [2.05, 4.69) is 60.7 Å². The molecule has 102 valence electrons. The van der Waals surface area contributed by atoms with Gasteiger partial charge in [-0.05, 0) is 38.5 Å². The molecule has 1 aromatic carbocycles. The number of benzene rings is 1. The third kappa shape index (κ3) is 2.02. The molecule has 0 unspecified atom stereocenters. The van der Waals surface area contributed by atoms with E-state index in [4.69, 9.17) is 5.73 Å². The SMILES string of the molecule is Cc1ccccc1-n1c(C)cc(-c2csc(N)n2)c1C. The van der Waals surface area contributed by atoms with Gasteiger partial charge in [0.1, 0.15) is 0 Å². The van der Waals surface area contributed by atoms with Gasteiger partial charge in [0, 0.05) is 28.0 Å². The Balaban J connectivity index is 2.20. The molecule has 0 bridgehead atoms. The minimum Gasteiger partial charge on any atom is -0.375 e. The van der Waals surface area contributed by atoms with Crippen molar-refractivity contribution in [1.82, 2.24) is 9.55 Å². The standard InChI is InChI=1S/C16H17N3S/c1-10-6-4-5-7-15(10)19-11(2)8-13(12(19)3)14-9-20-16(17)18-14/h4-9H,1-3H3,(H2,17,18). The fourth-order valence-corrected chi connectivity index (χ4v) is 3.18. The number of nitrogen functional groups attached to an aromatic ring is 1. The van der Waals surface area contributed by atoms with Crippen LogP contribution in [0.2, 0.25) is 0 Å². The average molecular weight is 283 g/mol. The summed E-state index contributed by atoms with van der Waals surface area (Å²) < 4.78 is 2.28. The van der Waals surface area contributed by atoms with Gasteiger partial charge < -0.3 is 10.3 Å². The number of thiazole rings is 1. The first kappa shape index (κ1) is 12.9. The number of rotatable bonds is 2. The highest BCUT2D eigenvalue weighted by Gasteiger charge is 2.15. The van der Waals surface area contributed by atoms with E-state index >= 15 is 0 Å². The number of hydrogen-bond donors (Lipinski definition) is 1. The molecular formula is C16H17N3S. The molecule has 2 heterocycles. The van der Waals surface area contributed by atoms with Crippen molar-refractivity contribution in [1.29, 1.82) is 0 Å². The molecule has 3 nitrogen and oxygen atoms in total. The monoisotopic (exact) mass is 283 g/mol. The zero-order valence-corrected chi connectivity index (χ0v) is 12.7. The summed E-state index contributed by atoms with van der Waals surface area (Å²) in [6, 6.07) is 10.6. The van der Waals surface area contributed by atoms with Gasteiger partial charge in [0.25, 0.3) is 0 Å². The van der Waals surface area contributed by atoms with Gasteiger partial charge in [0.15, 0.2) is 5.13 Å². The molecule has 0 fully saturated rings. The summed E-state index contributed by atoms with van der Waals surface area (Å²) in [5, 5.41) is 2.62. The smallest absolute Gasteiger partial charge is 0.180 e. The normalized spacial score (nSPS) is 10.9. The van der Waals surface area contributed by atoms with Gasteiger partial charge in [-0.3, -0.25) is 0 Å². The average Bonchev–Trinajstić information content (AvgIpc) is 2.95. The maximum atomic E-state index is 5.75. The van der Waals surface area contributed by atoms with E-state index in [1.165, 1.54) is 34.0 Å². The number of para-hydroxylation sites is 1. The first-order chi connectivity index (χ1) is 9.58. The van der Waals surface area contributed by atoms with E-state index in [0.29, 0.717) is 5.13 Å². The lowest BCUT2D eigenvalue weighted by Gasteiger charge is -2.12. The summed E-state index contributed by atoms with van der Waals surface area (Å²) in [4.78, 5) is 4.40. The molecule has 0 aliphatic heterocycles. The summed E-state index contributed by atoms with van der Waals surface area (Å²) >= 11 is 1.48. The second-order valence-corrected chi connectivity index (χ2v) is 5.87. The Kier molecular flexibility index (Phi) is 3.10. The van der Waals surface area contributed by atoms with Crippen LogP contribution < -0.4 is 5.73 Å². The Morgan fingerprint density at radius 2 is 1.90 bits per heavy atom. The van der Waals surface area contributed by atoms with Crippen LogP contribution in [-0.4, -0.2) is 9.55 Å². The zero-order chi connectivity index (χ0) is 14.3. The van der Waals surface area contributed by atoms with Crippen molar-refractivity contribution in [3.8, 4) is 16.9 Å². The van der Waals surface area contributed by atoms with Gasteiger partial charge >= 0.3 is 0 Å². The molecule has 0 aliphatic rings. The minimum atomic E-state index is 0.612. The largest absolute Gasteiger partial charge is 0.375 e.